The van der Waals surface area contributed by atoms with Crippen LogP contribution in [0.5, 0.6) is 0 Å². The lowest BCUT2D eigenvalue weighted by Crippen LogP contribution is -2.32. The van der Waals surface area contributed by atoms with Crippen LogP contribution in [0.3, 0.4) is 0 Å². The summed E-state index contributed by atoms with van der Waals surface area (Å²) in [4.78, 5) is 2.33. The molecule has 1 aromatic rings. The molecule has 0 heterocycles. The molecular formula is C16H28N2O2. The Hall–Kier alpha value is -1.10. The maximum Gasteiger partial charge on any atom is 0.0637 e. The number of aryl methyl sites for hydroxylation is 1. The minimum absolute atomic E-state index is 0.720. The SMILES string of the molecule is CCNCc1cc(C)ccc1N(CCOC)CCOC. The number of nitrogens with zero attached hydrogens (tertiary/aromatic N) is 1. The lowest BCUT2D eigenvalue weighted by molar-refractivity contribution is 0.190. The molecule has 1 aromatic carbocycles. The van der Waals surface area contributed by atoms with Gasteiger partial charge in [0.15, 0.2) is 0 Å². The Morgan fingerprint density at radius 3 is 2.30 bits per heavy atom. The zero-order chi connectivity index (χ0) is 14.8. The minimum atomic E-state index is 0.720. The third-order valence-electron chi connectivity index (χ3n) is 3.27. The third-order valence-corrected chi connectivity index (χ3v) is 3.27. The van der Waals surface area contributed by atoms with Crippen molar-refractivity contribution in [3.05, 3.63) is 29.3 Å². The Balaban J connectivity index is 2.90. The first kappa shape index (κ1) is 17.0. The highest BCUT2D eigenvalue weighted by atomic mass is 16.5. The lowest BCUT2D eigenvalue weighted by Gasteiger charge is -2.27. The Bertz CT molecular complexity index is 375. The Morgan fingerprint density at radius 2 is 1.75 bits per heavy atom. The number of nitrogens with one attached hydrogen (secondary N) is 1. The standard InChI is InChI=1S/C16H28N2O2/c1-5-17-13-15-12-14(2)6-7-16(15)18(8-10-19-3)9-11-20-4/h6-7,12,17H,5,8-11,13H2,1-4H3. The summed E-state index contributed by atoms with van der Waals surface area (Å²) in [5, 5.41) is 3.41. The maximum atomic E-state index is 5.22. The molecule has 4 nitrogen and oxygen atoms in total. The third kappa shape index (κ3) is 5.49. The van der Waals surface area contributed by atoms with Crippen LogP contribution in [0.15, 0.2) is 18.2 Å². The first-order chi connectivity index (χ1) is 9.72. The molecule has 0 aliphatic carbocycles. The molecule has 0 aliphatic heterocycles. The Labute approximate surface area is 123 Å². The van der Waals surface area contributed by atoms with E-state index in [1.54, 1.807) is 14.2 Å². The average Bonchev–Trinajstić information content (AvgIpc) is 2.46. The highest BCUT2D eigenvalue weighted by molar-refractivity contribution is 5.55. The molecule has 0 radical (unpaired) electrons. The minimum Gasteiger partial charge on any atom is -0.383 e. The fourth-order valence-electron chi connectivity index (χ4n) is 2.18. The van der Waals surface area contributed by atoms with Crippen molar-refractivity contribution in [1.29, 1.82) is 0 Å². The van der Waals surface area contributed by atoms with Gasteiger partial charge in [-0.15, -0.1) is 0 Å². The van der Waals surface area contributed by atoms with E-state index in [0.717, 1.165) is 39.4 Å². The van der Waals surface area contributed by atoms with Crippen LogP contribution in [0.4, 0.5) is 5.69 Å². The van der Waals surface area contributed by atoms with Crippen molar-refractivity contribution in [3.63, 3.8) is 0 Å². The van der Waals surface area contributed by atoms with Crippen molar-refractivity contribution < 1.29 is 9.47 Å². The molecule has 1 rings (SSSR count). The van der Waals surface area contributed by atoms with Gasteiger partial charge in [0.2, 0.25) is 0 Å². The molecular weight excluding hydrogens is 252 g/mol. The van der Waals surface area contributed by atoms with E-state index in [1.165, 1.54) is 16.8 Å². The predicted molar refractivity (Wildman–Crippen MR) is 84.5 cm³/mol. The van der Waals surface area contributed by atoms with Crippen LogP contribution in [0.1, 0.15) is 18.1 Å². The molecule has 1 N–H and O–H groups in total. The van der Waals surface area contributed by atoms with Crippen LogP contribution in [0.25, 0.3) is 0 Å². The number of benzene rings is 1. The van der Waals surface area contributed by atoms with E-state index in [2.05, 4.69) is 42.3 Å². The molecule has 0 aliphatic rings. The van der Waals surface area contributed by atoms with E-state index >= 15 is 0 Å². The van der Waals surface area contributed by atoms with Gasteiger partial charge in [-0.05, 0) is 25.1 Å². The summed E-state index contributed by atoms with van der Waals surface area (Å²) >= 11 is 0. The van der Waals surface area contributed by atoms with Gasteiger partial charge in [0.05, 0.1) is 13.2 Å². The van der Waals surface area contributed by atoms with Crippen molar-refractivity contribution in [1.82, 2.24) is 5.32 Å². The summed E-state index contributed by atoms with van der Waals surface area (Å²) in [6, 6.07) is 6.62. The Morgan fingerprint density at radius 1 is 1.10 bits per heavy atom. The van der Waals surface area contributed by atoms with E-state index in [0.29, 0.717) is 0 Å². The summed E-state index contributed by atoms with van der Waals surface area (Å²) in [5.41, 5.74) is 3.89. The molecule has 0 unspecified atom stereocenters. The number of hydrogen-bond donors (Lipinski definition) is 1. The average molecular weight is 280 g/mol. The monoisotopic (exact) mass is 280 g/mol. The number of rotatable bonds is 10. The van der Waals surface area contributed by atoms with Gasteiger partial charge in [0.1, 0.15) is 0 Å². The van der Waals surface area contributed by atoms with Crippen LogP contribution < -0.4 is 10.2 Å². The van der Waals surface area contributed by atoms with Crippen molar-refractivity contribution in [2.75, 3.05) is 52.0 Å². The summed E-state index contributed by atoms with van der Waals surface area (Å²) in [5.74, 6) is 0. The smallest absolute Gasteiger partial charge is 0.0637 e. The molecule has 114 valence electrons. The van der Waals surface area contributed by atoms with Gasteiger partial charge in [0, 0.05) is 39.5 Å². The second-order valence-corrected chi connectivity index (χ2v) is 4.89. The molecule has 0 fully saturated rings. The molecule has 0 bridgehead atoms. The summed E-state index contributed by atoms with van der Waals surface area (Å²) < 4.78 is 10.4. The van der Waals surface area contributed by atoms with Crippen LogP contribution in [-0.4, -0.2) is 47.1 Å². The zero-order valence-electron chi connectivity index (χ0n) is 13.2. The van der Waals surface area contributed by atoms with Gasteiger partial charge < -0.3 is 19.7 Å². The van der Waals surface area contributed by atoms with Crippen LogP contribution in [-0.2, 0) is 16.0 Å². The van der Waals surface area contributed by atoms with E-state index < -0.39 is 0 Å². The quantitative estimate of drug-likeness (QED) is 0.712. The Kier molecular flexibility index (Phi) is 8.26. The van der Waals surface area contributed by atoms with Crippen LogP contribution >= 0.6 is 0 Å². The van der Waals surface area contributed by atoms with Crippen molar-refractivity contribution in [2.24, 2.45) is 0 Å². The van der Waals surface area contributed by atoms with E-state index in [1.807, 2.05) is 0 Å². The zero-order valence-corrected chi connectivity index (χ0v) is 13.2. The van der Waals surface area contributed by atoms with Gasteiger partial charge in [-0.25, -0.2) is 0 Å². The predicted octanol–water partition coefficient (Wildman–Crippen LogP) is 2.20. The molecule has 0 spiro atoms. The van der Waals surface area contributed by atoms with Crippen LogP contribution in [0, 0.1) is 6.92 Å². The number of hydrogen-bond acceptors (Lipinski definition) is 4. The highest BCUT2D eigenvalue weighted by Gasteiger charge is 2.11. The van der Waals surface area contributed by atoms with Gasteiger partial charge in [-0.3, -0.25) is 0 Å². The fourth-order valence-corrected chi connectivity index (χ4v) is 2.18. The summed E-state index contributed by atoms with van der Waals surface area (Å²) in [6.07, 6.45) is 0. The molecule has 20 heavy (non-hydrogen) atoms. The lowest BCUT2D eigenvalue weighted by atomic mass is 10.1. The van der Waals surface area contributed by atoms with Crippen molar-refractivity contribution in [2.45, 2.75) is 20.4 Å². The molecule has 0 aromatic heterocycles. The second kappa shape index (κ2) is 9.75. The number of methoxy groups -OCH3 is 2. The molecule has 0 atom stereocenters. The first-order valence-corrected chi connectivity index (χ1v) is 7.26. The van der Waals surface area contributed by atoms with E-state index in [4.69, 9.17) is 9.47 Å². The van der Waals surface area contributed by atoms with Crippen molar-refractivity contribution >= 4 is 5.69 Å². The van der Waals surface area contributed by atoms with Gasteiger partial charge in [-0.2, -0.15) is 0 Å². The normalized spacial score (nSPS) is 10.8. The largest absolute Gasteiger partial charge is 0.383 e. The topological polar surface area (TPSA) is 33.7 Å². The number of ether oxygens (including phenoxy) is 2. The van der Waals surface area contributed by atoms with E-state index in [9.17, 15) is 0 Å². The first-order valence-electron chi connectivity index (χ1n) is 7.26. The van der Waals surface area contributed by atoms with Crippen molar-refractivity contribution in [3.8, 4) is 0 Å². The fraction of sp³-hybridized carbons (Fsp3) is 0.625. The van der Waals surface area contributed by atoms with Crippen LogP contribution in [0.2, 0.25) is 0 Å². The molecule has 0 amide bonds. The highest BCUT2D eigenvalue weighted by Crippen LogP contribution is 2.22. The molecule has 0 saturated heterocycles. The summed E-state index contributed by atoms with van der Waals surface area (Å²) in [6.45, 7) is 9.32. The second-order valence-electron chi connectivity index (χ2n) is 4.89. The van der Waals surface area contributed by atoms with Gasteiger partial charge in [-0.1, -0.05) is 24.6 Å². The molecule has 0 saturated carbocycles. The van der Waals surface area contributed by atoms with Gasteiger partial charge >= 0.3 is 0 Å². The number of anilines is 1. The summed E-state index contributed by atoms with van der Waals surface area (Å²) in [7, 11) is 3.48. The van der Waals surface area contributed by atoms with E-state index in [-0.39, 0.29) is 0 Å². The molecule has 4 heteroatoms. The maximum absolute atomic E-state index is 5.22. The van der Waals surface area contributed by atoms with Gasteiger partial charge in [0.25, 0.3) is 0 Å².